The number of rotatable bonds is 4. The number of hydrogen-bond donors (Lipinski definition) is 0. The van der Waals surface area contributed by atoms with Crippen molar-refractivity contribution in [2.45, 2.75) is 44.6 Å². The van der Waals surface area contributed by atoms with Gasteiger partial charge in [0.05, 0.1) is 4.90 Å². The average Bonchev–Trinajstić information content (AvgIpc) is 2.47. The summed E-state index contributed by atoms with van der Waals surface area (Å²) in [6, 6.07) is 7.78. The molecule has 0 unspecified atom stereocenters. The van der Waals surface area contributed by atoms with Gasteiger partial charge in [0.15, 0.2) is 0 Å². The van der Waals surface area contributed by atoms with Gasteiger partial charge in [0.1, 0.15) is 0 Å². The fraction of sp³-hybridized carbons (Fsp3) is 0.625. The number of nitrogens with zero attached hydrogens (tertiary/aromatic N) is 2. The second-order valence-electron chi connectivity index (χ2n) is 6.26. The van der Waals surface area contributed by atoms with E-state index in [4.69, 9.17) is 0 Å². The van der Waals surface area contributed by atoms with Gasteiger partial charge in [0, 0.05) is 32.2 Å². The quantitative estimate of drug-likeness (QED) is 0.858. The van der Waals surface area contributed by atoms with E-state index < -0.39 is 10.0 Å². The molecule has 1 aliphatic heterocycles. The van der Waals surface area contributed by atoms with Crippen LogP contribution in [-0.2, 0) is 10.0 Å². The van der Waals surface area contributed by atoms with Crippen molar-refractivity contribution in [3.8, 4) is 0 Å². The molecular weight excluding hydrogens is 284 g/mol. The van der Waals surface area contributed by atoms with Crippen molar-refractivity contribution in [1.82, 2.24) is 9.21 Å². The molecule has 1 saturated heterocycles. The molecule has 2 rings (SSSR count). The smallest absolute Gasteiger partial charge is 0.243 e. The molecule has 0 bridgehead atoms. The fourth-order valence-corrected chi connectivity index (χ4v) is 4.06. The van der Waals surface area contributed by atoms with Crippen molar-refractivity contribution < 1.29 is 8.42 Å². The maximum Gasteiger partial charge on any atom is 0.243 e. The lowest BCUT2D eigenvalue weighted by molar-refractivity contribution is 0.154. The van der Waals surface area contributed by atoms with Gasteiger partial charge in [0.2, 0.25) is 10.0 Å². The molecule has 5 heteroatoms. The van der Waals surface area contributed by atoms with Crippen LogP contribution in [0.1, 0.15) is 39.2 Å². The summed E-state index contributed by atoms with van der Waals surface area (Å²) in [5.74, 6) is 0.413. The Morgan fingerprint density at radius 3 is 1.86 bits per heavy atom. The molecule has 0 atom stereocenters. The predicted molar refractivity (Wildman–Crippen MR) is 86.0 cm³/mol. The zero-order valence-electron chi connectivity index (χ0n) is 13.4. The molecule has 1 aliphatic rings. The van der Waals surface area contributed by atoms with Gasteiger partial charge in [-0.15, -0.1) is 0 Å². The Labute approximate surface area is 128 Å². The van der Waals surface area contributed by atoms with Crippen molar-refractivity contribution in [1.29, 1.82) is 0 Å². The molecule has 0 spiro atoms. The van der Waals surface area contributed by atoms with Gasteiger partial charge < -0.3 is 0 Å². The Kier molecular flexibility index (Phi) is 5.07. The van der Waals surface area contributed by atoms with E-state index in [-0.39, 0.29) is 0 Å². The Morgan fingerprint density at radius 1 is 0.905 bits per heavy atom. The summed E-state index contributed by atoms with van der Waals surface area (Å²) in [5.41, 5.74) is 1.17. The van der Waals surface area contributed by atoms with E-state index in [0.717, 1.165) is 13.1 Å². The standard InChI is InChI=1S/C16H26N2O2S/c1-13(2)15-5-7-16(8-6-15)21(19,20)18-11-9-17(10-12-18)14(3)4/h5-8,13-14H,9-12H2,1-4H3. The monoisotopic (exact) mass is 310 g/mol. The number of sulfonamides is 1. The minimum atomic E-state index is -3.35. The number of hydrogen-bond acceptors (Lipinski definition) is 3. The van der Waals surface area contributed by atoms with E-state index in [0.29, 0.717) is 29.9 Å². The SMILES string of the molecule is CC(C)c1ccc(S(=O)(=O)N2CCN(C(C)C)CC2)cc1. The van der Waals surface area contributed by atoms with Crippen LogP contribution in [0.2, 0.25) is 0 Å². The van der Waals surface area contributed by atoms with E-state index in [1.54, 1.807) is 16.4 Å². The van der Waals surface area contributed by atoms with Gasteiger partial charge in [-0.05, 0) is 37.5 Å². The first-order valence-corrected chi connectivity index (χ1v) is 9.10. The molecule has 0 amide bonds. The lowest BCUT2D eigenvalue weighted by atomic mass is 10.0. The van der Waals surface area contributed by atoms with Gasteiger partial charge >= 0.3 is 0 Å². The topological polar surface area (TPSA) is 40.6 Å². The Hall–Kier alpha value is -0.910. The summed E-state index contributed by atoms with van der Waals surface area (Å²) < 4.78 is 26.9. The Bertz CT molecular complexity index is 556. The van der Waals surface area contributed by atoms with E-state index in [1.165, 1.54) is 5.56 Å². The molecule has 118 valence electrons. The number of benzene rings is 1. The van der Waals surface area contributed by atoms with E-state index in [1.807, 2.05) is 12.1 Å². The molecule has 4 nitrogen and oxygen atoms in total. The molecule has 21 heavy (non-hydrogen) atoms. The highest BCUT2D eigenvalue weighted by molar-refractivity contribution is 7.89. The first-order valence-electron chi connectivity index (χ1n) is 7.66. The second-order valence-corrected chi connectivity index (χ2v) is 8.20. The van der Waals surface area contributed by atoms with E-state index in [2.05, 4.69) is 32.6 Å². The van der Waals surface area contributed by atoms with E-state index >= 15 is 0 Å². The zero-order chi connectivity index (χ0) is 15.6. The van der Waals surface area contributed by atoms with Crippen LogP contribution in [0.4, 0.5) is 0 Å². The summed E-state index contributed by atoms with van der Waals surface area (Å²) in [7, 11) is -3.35. The van der Waals surface area contributed by atoms with Crippen molar-refractivity contribution in [2.24, 2.45) is 0 Å². The maximum atomic E-state index is 12.7. The summed E-state index contributed by atoms with van der Waals surface area (Å²) >= 11 is 0. The molecule has 0 aromatic heterocycles. The predicted octanol–water partition coefficient (Wildman–Crippen LogP) is 2.52. The normalized spacial score (nSPS) is 18.6. The fourth-order valence-electron chi connectivity index (χ4n) is 2.63. The van der Waals surface area contributed by atoms with Crippen LogP contribution >= 0.6 is 0 Å². The van der Waals surface area contributed by atoms with Crippen LogP contribution in [0.3, 0.4) is 0 Å². The van der Waals surface area contributed by atoms with Gasteiger partial charge in [-0.3, -0.25) is 4.90 Å². The van der Waals surface area contributed by atoms with Gasteiger partial charge in [-0.25, -0.2) is 8.42 Å². The highest BCUT2D eigenvalue weighted by atomic mass is 32.2. The molecule has 1 aromatic rings. The first-order chi connectivity index (χ1) is 9.82. The van der Waals surface area contributed by atoms with Crippen molar-refractivity contribution >= 4 is 10.0 Å². The zero-order valence-corrected chi connectivity index (χ0v) is 14.2. The minimum absolute atomic E-state index is 0.407. The highest BCUT2D eigenvalue weighted by Gasteiger charge is 2.29. The lowest BCUT2D eigenvalue weighted by Gasteiger charge is -2.36. The molecule has 0 N–H and O–H groups in total. The third kappa shape index (κ3) is 3.65. The summed E-state index contributed by atoms with van der Waals surface area (Å²) in [6.07, 6.45) is 0. The molecule has 1 fully saturated rings. The van der Waals surface area contributed by atoms with Gasteiger partial charge in [0.25, 0.3) is 0 Å². The molecule has 1 heterocycles. The number of piperazine rings is 1. The van der Waals surface area contributed by atoms with Crippen LogP contribution in [0.15, 0.2) is 29.2 Å². The van der Waals surface area contributed by atoms with Gasteiger partial charge in [-0.2, -0.15) is 4.31 Å². The second kappa shape index (κ2) is 6.46. The first kappa shape index (κ1) is 16.5. The average molecular weight is 310 g/mol. The Morgan fingerprint density at radius 2 is 1.43 bits per heavy atom. The van der Waals surface area contributed by atoms with Crippen LogP contribution in [-0.4, -0.2) is 49.8 Å². The molecule has 0 aliphatic carbocycles. The van der Waals surface area contributed by atoms with Crippen LogP contribution in [0, 0.1) is 0 Å². The third-order valence-corrected chi connectivity index (χ3v) is 6.10. The lowest BCUT2D eigenvalue weighted by Crippen LogP contribution is -2.50. The largest absolute Gasteiger partial charge is 0.298 e. The van der Waals surface area contributed by atoms with E-state index in [9.17, 15) is 8.42 Å². The maximum absolute atomic E-state index is 12.7. The van der Waals surface area contributed by atoms with Crippen LogP contribution in [0.25, 0.3) is 0 Å². The molecule has 1 aromatic carbocycles. The summed E-state index contributed by atoms with van der Waals surface area (Å²) in [6.45, 7) is 11.3. The third-order valence-electron chi connectivity index (χ3n) is 4.19. The van der Waals surface area contributed by atoms with Gasteiger partial charge in [-0.1, -0.05) is 26.0 Å². The molecular formula is C16H26N2O2S. The van der Waals surface area contributed by atoms with Crippen molar-refractivity contribution in [3.63, 3.8) is 0 Å². The van der Waals surface area contributed by atoms with Crippen LogP contribution < -0.4 is 0 Å². The summed E-state index contributed by atoms with van der Waals surface area (Å²) in [4.78, 5) is 2.72. The molecule has 0 saturated carbocycles. The minimum Gasteiger partial charge on any atom is -0.298 e. The summed E-state index contributed by atoms with van der Waals surface area (Å²) in [5, 5.41) is 0. The molecule has 0 radical (unpaired) electrons. The van der Waals surface area contributed by atoms with Crippen molar-refractivity contribution in [2.75, 3.05) is 26.2 Å². The van der Waals surface area contributed by atoms with Crippen LogP contribution in [0.5, 0.6) is 0 Å². The highest BCUT2D eigenvalue weighted by Crippen LogP contribution is 2.21. The Balaban J connectivity index is 2.12. The van der Waals surface area contributed by atoms with Crippen molar-refractivity contribution in [3.05, 3.63) is 29.8 Å².